The number of alkyl halides is 1. The molecule has 152 valence electrons. The van der Waals surface area contributed by atoms with Crippen molar-refractivity contribution in [3.8, 4) is 0 Å². The van der Waals surface area contributed by atoms with Gasteiger partial charge in [0.25, 0.3) is 0 Å². The Morgan fingerprint density at radius 3 is 2.79 bits per heavy atom. The lowest BCUT2D eigenvalue weighted by Crippen LogP contribution is -2.13. The maximum atomic E-state index is 14.3. The normalized spacial score (nSPS) is 22.1. The minimum Gasteiger partial charge on any atom is -0.356 e. The van der Waals surface area contributed by atoms with Crippen molar-refractivity contribution in [1.29, 1.82) is 0 Å². The number of rotatable bonds is 7. The van der Waals surface area contributed by atoms with E-state index in [0.717, 1.165) is 31.0 Å². The van der Waals surface area contributed by atoms with Crippen LogP contribution in [0.5, 0.6) is 0 Å². The molecule has 3 heteroatoms. The molecule has 2 aromatic rings. The topological polar surface area (TPSA) is 15.8 Å². The number of aromatic amines is 1. The Bertz CT molecular complexity index is 776. The molecule has 1 nitrogen and oxygen atoms in total. The number of nitrogens with one attached hydrogen (secondary N) is 1. The molecule has 0 spiro atoms. The second kappa shape index (κ2) is 10.0. The minimum absolute atomic E-state index is 0.296. The van der Waals surface area contributed by atoms with Gasteiger partial charge in [0.1, 0.15) is 12.0 Å². The lowest BCUT2D eigenvalue weighted by molar-refractivity contribution is 0.368. The fourth-order valence-corrected chi connectivity index (χ4v) is 4.49. The van der Waals surface area contributed by atoms with Crippen LogP contribution in [-0.2, 0) is 6.42 Å². The highest BCUT2D eigenvalue weighted by atomic mass is 19.1. The number of hydrogen-bond acceptors (Lipinski definition) is 0. The molecule has 28 heavy (non-hydrogen) atoms. The van der Waals surface area contributed by atoms with Crippen molar-refractivity contribution in [2.75, 3.05) is 0 Å². The van der Waals surface area contributed by atoms with Crippen LogP contribution in [0.1, 0.15) is 80.3 Å². The van der Waals surface area contributed by atoms with Gasteiger partial charge >= 0.3 is 0 Å². The maximum Gasteiger partial charge on any atom is 0.145 e. The molecule has 1 aromatic carbocycles. The van der Waals surface area contributed by atoms with E-state index < -0.39 is 12.0 Å². The highest BCUT2D eigenvalue weighted by Crippen LogP contribution is 2.39. The van der Waals surface area contributed by atoms with Gasteiger partial charge in [-0.25, -0.2) is 8.78 Å². The summed E-state index contributed by atoms with van der Waals surface area (Å²) in [4.78, 5) is 3.27. The average molecular weight is 386 g/mol. The molecule has 0 radical (unpaired) electrons. The molecular weight excluding hydrogens is 352 g/mol. The number of aromatic nitrogens is 1. The van der Waals surface area contributed by atoms with Gasteiger partial charge in [0.15, 0.2) is 0 Å². The van der Waals surface area contributed by atoms with Gasteiger partial charge in [0.2, 0.25) is 0 Å². The van der Waals surface area contributed by atoms with Gasteiger partial charge in [-0.3, -0.25) is 0 Å². The predicted octanol–water partition coefficient (Wildman–Crippen LogP) is 7.68. The van der Waals surface area contributed by atoms with Crippen LogP contribution in [-0.4, -0.2) is 11.2 Å². The van der Waals surface area contributed by atoms with Crippen LogP contribution < -0.4 is 0 Å². The summed E-state index contributed by atoms with van der Waals surface area (Å²) in [6.45, 7) is 3.86. The van der Waals surface area contributed by atoms with E-state index in [0.29, 0.717) is 24.0 Å². The first kappa shape index (κ1) is 20.8. The lowest BCUT2D eigenvalue weighted by Gasteiger charge is -2.24. The molecule has 1 aliphatic rings. The highest BCUT2D eigenvalue weighted by Gasteiger charge is 2.26. The minimum atomic E-state index is -1.23. The Hall–Kier alpha value is -1.90. The summed E-state index contributed by atoms with van der Waals surface area (Å²) in [5, 5.41) is 0. The third kappa shape index (κ3) is 5.56. The predicted molar refractivity (Wildman–Crippen MR) is 114 cm³/mol. The molecule has 1 aliphatic carbocycles. The van der Waals surface area contributed by atoms with Crippen molar-refractivity contribution in [2.45, 2.75) is 77.3 Å². The summed E-state index contributed by atoms with van der Waals surface area (Å²) in [6, 6.07) is 12.5. The van der Waals surface area contributed by atoms with E-state index in [1.165, 1.54) is 36.8 Å². The van der Waals surface area contributed by atoms with Crippen LogP contribution in [0.25, 0.3) is 5.83 Å². The third-order valence-electron chi connectivity index (χ3n) is 6.13. The summed E-state index contributed by atoms with van der Waals surface area (Å²) >= 11 is 0. The van der Waals surface area contributed by atoms with Crippen LogP contribution in [0.2, 0.25) is 0 Å². The van der Waals surface area contributed by atoms with Gasteiger partial charge < -0.3 is 4.98 Å². The van der Waals surface area contributed by atoms with Gasteiger partial charge in [-0.2, -0.15) is 0 Å². The van der Waals surface area contributed by atoms with E-state index in [9.17, 15) is 8.78 Å². The molecular formula is C25H33F2N. The van der Waals surface area contributed by atoms with Crippen molar-refractivity contribution >= 4 is 5.83 Å². The average Bonchev–Trinajstić information content (AvgIpc) is 3.06. The van der Waals surface area contributed by atoms with Crippen LogP contribution in [0.15, 0.2) is 42.5 Å². The SMILES string of the molecule is CCC(F)C=C(F)c1ccc(C2CCCCCC2CCc2cccc(C)c2)[nH]1. The second-order valence-electron chi connectivity index (χ2n) is 8.30. The van der Waals surface area contributed by atoms with E-state index in [1.807, 2.05) is 6.07 Å². The van der Waals surface area contributed by atoms with Crippen LogP contribution in [0.4, 0.5) is 8.78 Å². The van der Waals surface area contributed by atoms with E-state index in [-0.39, 0.29) is 0 Å². The molecule has 3 atom stereocenters. The zero-order valence-electron chi connectivity index (χ0n) is 17.2. The first-order chi connectivity index (χ1) is 13.6. The van der Waals surface area contributed by atoms with E-state index >= 15 is 0 Å². The van der Waals surface area contributed by atoms with Crippen molar-refractivity contribution in [3.63, 3.8) is 0 Å². The molecule has 1 N–H and O–H groups in total. The quantitative estimate of drug-likeness (QED) is 0.470. The molecule has 0 amide bonds. The molecule has 1 saturated carbocycles. The van der Waals surface area contributed by atoms with Gasteiger partial charge in [0.05, 0.1) is 5.69 Å². The maximum absolute atomic E-state index is 14.3. The largest absolute Gasteiger partial charge is 0.356 e. The van der Waals surface area contributed by atoms with E-state index in [2.05, 4.69) is 36.2 Å². The molecule has 1 fully saturated rings. The lowest BCUT2D eigenvalue weighted by atomic mass is 9.81. The van der Waals surface area contributed by atoms with Crippen LogP contribution in [0.3, 0.4) is 0 Å². The zero-order chi connectivity index (χ0) is 19.9. The number of halogens is 2. The zero-order valence-corrected chi connectivity index (χ0v) is 17.2. The monoisotopic (exact) mass is 385 g/mol. The van der Waals surface area contributed by atoms with Gasteiger partial charge in [-0.15, -0.1) is 0 Å². The Kier molecular flexibility index (Phi) is 7.47. The summed E-state index contributed by atoms with van der Waals surface area (Å²) in [7, 11) is 0. The van der Waals surface area contributed by atoms with E-state index in [1.54, 1.807) is 13.0 Å². The van der Waals surface area contributed by atoms with Crippen molar-refractivity contribution in [1.82, 2.24) is 4.98 Å². The first-order valence-electron chi connectivity index (χ1n) is 10.8. The molecule has 3 rings (SSSR count). The molecule has 1 heterocycles. The fraction of sp³-hybridized carbons (Fsp3) is 0.520. The third-order valence-corrected chi connectivity index (χ3v) is 6.13. The Balaban J connectivity index is 1.73. The second-order valence-corrected chi connectivity index (χ2v) is 8.30. The summed E-state index contributed by atoms with van der Waals surface area (Å²) in [5.74, 6) is 0.554. The molecule has 1 aromatic heterocycles. The number of aryl methyl sites for hydroxylation is 2. The molecule has 3 unspecified atom stereocenters. The van der Waals surface area contributed by atoms with Gasteiger partial charge in [0, 0.05) is 11.6 Å². The highest BCUT2D eigenvalue weighted by molar-refractivity contribution is 5.56. The van der Waals surface area contributed by atoms with E-state index in [4.69, 9.17) is 0 Å². The van der Waals surface area contributed by atoms with Gasteiger partial charge in [-0.05, 0) is 68.7 Å². The molecule has 0 saturated heterocycles. The summed E-state index contributed by atoms with van der Waals surface area (Å²) in [5.41, 5.74) is 4.23. The van der Waals surface area contributed by atoms with Crippen molar-refractivity contribution < 1.29 is 8.78 Å². The van der Waals surface area contributed by atoms with Crippen molar-refractivity contribution in [2.24, 2.45) is 5.92 Å². The van der Waals surface area contributed by atoms with Crippen LogP contribution in [0, 0.1) is 12.8 Å². The number of benzene rings is 1. The first-order valence-corrected chi connectivity index (χ1v) is 10.8. The Labute approximate surface area is 168 Å². The van der Waals surface area contributed by atoms with Crippen LogP contribution >= 0.6 is 0 Å². The fourth-order valence-electron chi connectivity index (χ4n) is 4.49. The van der Waals surface area contributed by atoms with Crippen molar-refractivity contribution in [3.05, 3.63) is 65.0 Å². The Morgan fingerprint density at radius 1 is 1.18 bits per heavy atom. The summed E-state index contributed by atoms with van der Waals surface area (Å²) in [6.07, 6.45) is 8.54. The standard InChI is InChI=1S/C25H33F2N/c1-3-21(26)17-23(27)25-15-14-24(28-25)22-11-6-4-5-10-20(22)13-12-19-9-7-8-18(2)16-19/h7-9,14-17,20-22,28H,3-6,10-13H2,1-2H3. The Morgan fingerprint density at radius 2 is 2.00 bits per heavy atom. The molecule has 0 bridgehead atoms. The molecule has 0 aliphatic heterocycles. The van der Waals surface area contributed by atoms with Gasteiger partial charge in [-0.1, -0.05) is 56.0 Å². The number of allylic oxidation sites excluding steroid dienone is 1. The summed E-state index contributed by atoms with van der Waals surface area (Å²) < 4.78 is 27.8. The number of H-pyrrole nitrogens is 1. The smallest absolute Gasteiger partial charge is 0.145 e. The number of hydrogen-bond donors (Lipinski definition) is 1.